The number of anilines is 3. The van der Waals surface area contributed by atoms with Gasteiger partial charge in [-0.2, -0.15) is 0 Å². The first-order chi connectivity index (χ1) is 27.0. The van der Waals surface area contributed by atoms with E-state index in [4.69, 9.17) is 4.42 Å². The molecule has 1 aliphatic rings. The lowest BCUT2D eigenvalue weighted by atomic mass is 9.82. The van der Waals surface area contributed by atoms with Crippen LogP contribution in [0.4, 0.5) is 17.1 Å². The van der Waals surface area contributed by atoms with E-state index in [0.717, 1.165) is 44.4 Å². The first-order valence-corrected chi connectivity index (χ1v) is 19.1. The minimum atomic E-state index is -0.0826. The van der Waals surface area contributed by atoms with Crippen molar-refractivity contribution < 1.29 is 4.42 Å². The summed E-state index contributed by atoms with van der Waals surface area (Å²) in [6.45, 7) is 4.69. The molecule has 10 aromatic rings. The summed E-state index contributed by atoms with van der Waals surface area (Å²) in [6.07, 6.45) is 0. The quantitative estimate of drug-likeness (QED) is 0.177. The normalized spacial score (nSPS) is 13.1. The molecule has 55 heavy (non-hydrogen) atoms. The molecular formula is C53H37NO. The minimum absolute atomic E-state index is 0.0826. The molecule has 0 unspecified atom stereocenters. The molecule has 2 nitrogen and oxygen atoms in total. The Hall–Kier alpha value is -6.90. The topological polar surface area (TPSA) is 16.4 Å². The fourth-order valence-electron chi connectivity index (χ4n) is 9.13. The van der Waals surface area contributed by atoms with Crippen LogP contribution in [-0.4, -0.2) is 0 Å². The number of rotatable bonds is 5. The van der Waals surface area contributed by atoms with Gasteiger partial charge in [0.1, 0.15) is 11.2 Å². The Morgan fingerprint density at radius 3 is 1.87 bits per heavy atom. The predicted octanol–water partition coefficient (Wildman–Crippen LogP) is 15.0. The van der Waals surface area contributed by atoms with E-state index in [1.807, 2.05) is 0 Å². The molecule has 0 bridgehead atoms. The molecule has 0 radical (unpaired) electrons. The molecule has 1 aromatic heterocycles. The Kier molecular flexibility index (Phi) is 6.93. The van der Waals surface area contributed by atoms with E-state index >= 15 is 0 Å². The van der Waals surface area contributed by atoms with Crippen LogP contribution in [0.3, 0.4) is 0 Å². The molecule has 260 valence electrons. The van der Waals surface area contributed by atoms with Gasteiger partial charge in [0.15, 0.2) is 0 Å². The maximum atomic E-state index is 6.64. The highest BCUT2D eigenvalue weighted by molar-refractivity contribution is 6.19. The van der Waals surface area contributed by atoms with Gasteiger partial charge < -0.3 is 9.32 Å². The summed E-state index contributed by atoms with van der Waals surface area (Å²) in [5.74, 6) is 0. The molecule has 1 aliphatic carbocycles. The van der Waals surface area contributed by atoms with Gasteiger partial charge >= 0.3 is 0 Å². The molecule has 0 saturated heterocycles. The number of benzene rings is 9. The summed E-state index contributed by atoms with van der Waals surface area (Å²) in [5, 5.41) is 7.04. The molecule has 0 aliphatic heterocycles. The molecule has 0 fully saturated rings. The van der Waals surface area contributed by atoms with E-state index in [1.54, 1.807) is 0 Å². The molecular weight excluding hydrogens is 667 g/mol. The maximum absolute atomic E-state index is 6.64. The lowest BCUT2D eigenvalue weighted by Crippen LogP contribution is -2.16. The highest BCUT2D eigenvalue weighted by Gasteiger charge is 2.35. The SMILES string of the molecule is CC1(C)c2ccccc2-c2ccc(N(c3ccccc3)c3ccc(-c4cc5c6cc(-c7cccc8ccccc78)ccc6oc5c5ccccc45)cc3)cc21. The fourth-order valence-corrected chi connectivity index (χ4v) is 9.13. The standard InChI is InChI=1S/C53H37NO/c1-53(2)49-22-11-10-19-43(49)44-29-28-39(32-50(44)53)54(37-15-4-3-5-16-37)38-26-23-35(24-27-38)46-33-48-47-31-36(41-21-12-14-34-13-6-7-17-40(34)41)25-30-51(47)55-52(48)45-20-9-8-18-42(45)46/h3-33H,1-2H3. The zero-order chi connectivity index (χ0) is 36.7. The number of fused-ring (bicyclic) bond motifs is 9. The third-order valence-electron chi connectivity index (χ3n) is 11.9. The first kappa shape index (κ1) is 31.6. The summed E-state index contributed by atoms with van der Waals surface area (Å²) in [4.78, 5) is 2.38. The second-order valence-corrected chi connectivity index (χ2v) is 15.3. The Balaban J connectivity index is 1.04. The smallest absolute Gasteiger partial charge is 0.143 e. The van der Waals surface area contributed by atoms with Crippen LogP contribution in [0, 0.1) is 0 Å². The van der Waals surface area contributed by atoms with Crippen LogP contribution in [0.15, 0.2) is 192 Å². The van der Waals surface area contributed by atoms with Crippen molar-refractivity contribution in [3.8, 4) is 33.4 Å². The molecule has 0 spiro atoms. The van der Waals surface area contributed by atoms with Crippen LogP contribution >= 0.6 is 0 Å². The van der Waals surface area contributed by atoms with E-state index in [-0.39, 0.29) is 5.41 Å². The number of hydrogen-bond donors (Lipinski definition) is 0. The van der Waals surface area contributed by atoms with Crippen LogP contribution in [0.1, 0.15) is 25.0 Å². The largest absolute Gasteiger partial charge is 0.455 e. The minimum Gasteiger partial charge on any atom is -0.455 e. The van der Waals surface area contributed by atoms with Crippen molar-refractivity contribution in [2.24, 2.45) is 0 Å². The lowest BCUT2D eigenvalue weighted by Gasteiger charge is -2.28. The van der Waals surface area contributed by atoms with E-state index in [2.05, 4.69) is 207 Å². The van der Waals surface area contributed by atoms with Crippen molar-refractivity contribution in [2.45, 2.75) is 19.3 Å². The lowest BCUT2D eigenvalue weighted by molar-refractivity contribution is 0.660. The van der Waals surface area contributed by atoms with Crippen LogP contribution < -0.4 is 4.90 Å². The van der Waals surface area contributed by atoms with E-state index in [0.29, 0.717) is 0 Å². The molecule has 0 saturated carbocycles. The fraction of sp³-hybridized carbons (Fsp3) is 0.0566. The summed E-state index contributed by atoms with van der Waals surface area (Å²) >= 11 is 0. The average Bonchev–Trinajstić information content (AvgIpc) is 3.72. The summed E-state index contributed by atoms with van der Waals surface area (Å²) in [7, 11) is 0. The van der Waals surface area contributed by atoms with Gasteiger partial charge in [-0.1, -0.05) is 147 Å². The van der Waals surface area contributed by atoms with Gasteiger partial charge in [-0.3, -0.25) is 0 Å². The Labute approximate surface area is 320 Å². The zero-order valence-electron chi connectivity index (χ0n) is 30.8. The summed E-state index contributed by atoms with van der Waals surface area (Å²) in [5.41, 5.74) is 15.3. The van der Waals surface area contributed by atoms with Crippen LogP contribution in [0.5, 0.6) is 0 Å². The number of furan rings is 1. The average molecular weight is 704 g/mol. The molecule has 1 heterocycles. The van der Waals surface area contributed by atoms with Crippen molar-refractivity contribution in [1.29, 1.82) is 0 Å². The van der Waals surface area contributed by atoms with Crippen molar-refractivity contribution in [3.05, 3.63) is 199 Å². The third kappa shape index (κ3) is 4.88. The monoisotopic (exact) mass is 703 g/mol. The van der Waals surface area contributed by atoms with Crippen LogP contribution in [-0.2, 0) is 5.41 Å². The number of hydrogen-bond acceptors (Lipinski definition) is 2. The van der Waals surface area contributed by atoms with Crippen molar-refractivity contribution in [1.82, 2.24) is 0 Å². The number of nitrogens with zero attached hydrogens (tertiary/aromatic N) is 1. The van der Waals surface area contributed by atoms with Gasteiger partial charge in [-0.05, 0) is 115 Å². The van der Waals surface area contributed by atoms with Gasteiger partial charge in [0.25, 0.3) is 0 Å². The Bertz CT molecular complexity index is 3110. The van der Waals surface area contributed by atoms with Crippen LogP contribution in [0.25, 0.3) is 76.9 Å². The Morgan fingerprint density at radius 1 is 0.382 bits per heavy atom. The maximum Gasteiger partial charge on any atom is 0.143 e. The highest BCUT2D eigenvalue weighted by atomic mass is 16.3. The Morgan fingerprint density at radius 2 is 1.02 bits per heavy atom. The van der Waals surface area contributed by atoms with Gasteiger partial charge in [-0.15, -0.1) is 0 Å². The number of para-hydroxylation sites is 1. The first-order valence-electron chi connectivity index (χ1n) is 19.1. The molecule has 0 amide bonds. The molecule has 11 rings (SSSR count). The van der Waals surface area contributed by atoms with Crippen molar-refractivity contribution in [2.75, 3.05) is 4.90 Å². The molecule has 9 aromatic carbocycles. The molecule has 0 atom stereocenters. The molecule has 0 N–H and O–H groups in total. The van der Waals surface area contributed by atoms with Gasteiger partial charge in [0.2, 0.25) is 0 Å². The zero-order valence-corrected chi connectivity index (χ0v) is 30.8. The third-order valence-corrected chi connectivity index (χ3v) is 11.9. The van der Waals surface area contributed by atoms with Crippen LogP contribution in [0.2, 0.25) is 0 Å². The second kappa shape index (κ2) is 12.1. The van der Waals surface area contributed by atoms with E-state index < -0.39 is 0 Å². The van der Waals surface area contributed by atoms with Gasteiger partial charge in [-0.25, -0.2) is 0 Å². The van der Waals surface area contributed by atoms with E-state index in [1.165, 1.54) is 60.7 Å². The van der Waals surface area contributed by atoms with Gasteiger partial charge in [0, 0.05) is 38.6 Å². The molecule has 2 heteroatoms. The van der Waals surface area contributed by atoms with Crippen molar-refractivity contribution >= 4 is 60.5 Å². The highest BCUT2D eigenvalue weighted by Crippen LogP contribution is 2.51. The predicted molar refractivity (Wildman–Crippen MR) is 232 cm³/mol. The van der Waals surface area contributed by atoms with Gasteiger partial charge in [0.05, 0.1) is 0 Å². The second-order valence-electron chi connectivity index (χ2n) is 15.3. The summed E-state index contributed by atoms with van der Waals surface area (Å²) in [6, 6.07) is 68.3. The van der Waals surface area contributed by atoms with E-state index in [9.17, 15) is 0 Å². The summed E-state index contributed by atoms with van der Waals surface area (Å²) < 4.78 is 6.64. The van der Waals surface area contributed by atoms with Crippen molar-refractivity contribution in [3.63, 3.8) is 0 Å².